The van der Waals surface area contributed by atoms with Gasteiger partial charge in [0.05, 0.1) is 12.1 Å². The largest absolute Gasteiger partial charge is 0.475 e. The van der Waals surface area contributed by atoms with E-state index in [4.69, 9.17) is 0 Å². The number of amides is 4. The summed E-state index contributed by atoms with van der Waals surface area (Å²) >= 11 is 0. The number of hydrogen-bond acceptors (Lipinski definition) is 4. The van der Waals surface area contributed by atoms with E-state index in [0.29, 0.717) is 18.4 Å². The molecule has 0 fully saturated rings. The van der Waals surface area contributed by atoms with Crippen LogP contribution >= 0.6 is 0 Å². The first-order valence-electron chi connectivity index (χ1n) is 19.4. The lowest BCUT2D eigenvalue weighted by atomic mass is 9.81. The number of likely N-dealkylation sites (N-methyl/N-ethyl adjacent to an activating group) is 2. The number of fused-ring (bicyclic) bond motifs is 4. The van der Waals surface area contributed by atoms with Gasteiger partial charge in [-0.05, 0) is 72.5 Å². The smallest absolute Gasteiger partial charge is 0.361 e. The highest BCUT2D eigenvalue weighted by molar-refractivity contribution is 5.99. The normalized spacial score (nSPS) is 21.6. The van der Waals surface area contributed by atoms with Gasteiger partial charge in [-0.2, -0.15) is 61.5 Å². The summed E-state index contributed by atoms with van der Waals surface area (Å²) < 4.78 is 180. The molecule has 4 amide bonds. The number of alkyl halides is 14. The van der Waals surface area contributed by atoms with E-state index in [1.54, 1.807) is 24.1 Å². The average Bonchev–Trinajstić information content (AvgIpc) is 3.78. The highest BCUT2D eigenvalue weighted by Crippen LogP contribution is 2.43. The van der Waals surface area contributed by atoms with Crippen molar-refractivity contribution in [2.24, 2.45) is 0 Å². The summed E-state index contributed by atoms with van der Waals surface area (Å²) in [6, 6.07) is -0.399. The maximum Gasteiger partial charge on any atom is 0.475 e. The molecule has 348 valence electrons. The predicted octanol–water partition coefficient (Wildman–Crippen LogP) is 8.45. The fraction of sp³-hybridized carbons (Fsp3) is 0.450. The Labute approximate surface area is 353 Å². The van der Waals surface area contributed by atoms with Crippen molar-refractivity contribution in [2.45, 2.75) is 67.8 Å². The number of carbonyl (C=O) groups is 2. The number of benzene rings is 2. The van der Waals surface area contributed by atoms with E-state index in [9.17, 15) is 71.1 Å². The highest BCUT2D eigenvalue weighted by atomic mass is 19.4. The Hall–Kier alpha value is -5.52. The minimum absolute atomic E-state index is 0.00325. The van der Waals surface area contributed by atoms with E-state index in [2.05, 4.69) is 15.3 Å². The van der Waals surface area contributed by atoms with Crippen molar-refractivity contribution < 1.29 is 71.1 Å². The van der Waals surface area contributed by atoms with Gasteiger partial charge in [0.1, 0.15) is 19.6 Å². The van der Waals surface area contributed by atoms with Crippen molar-refractivity contribution in [3.05, 3.63) is 83.2 Å². The van der Waals surface area contributed by atoms with Crippen LogP contribution in [0.15, 0.2) is 60.9 Å². The summed E-state index contributed by atoms with van der Waals surface area (Å²) in [5.74, 6) is 0. The SMILES string of the molecule is CN1CC(NC(=O)N(CC(F)(F)F)C(F)(F)C(F)(F)F)C=C2c3cccc4[nH]cc(c34)CC21.CN1CC(NC(=O)N(CC(F)(F)F)CC(F)(F)F)C=C2c3cccc4[nH]cc(c34)CC21. The van der Waals surface area contributed by atoms with Crippen LogP contribution in [-0.2, 0) is 12.8 Å². The van der Waals surface area contributed by atoms with Crippen molar-refractivity contribution in [3.8, 4) is 0 Å². The lowest BCUT2D eigenvalue weighted by Gasteiger charge is -2.41. The van der Waals surface area contributed by atoms with E-state index in [-0.39, 0.29) is 30.1 Å². The Kier molecular flexibility index (Phi) is 12.0. The molecule has 64 heavy (non-hydrogen) atoms. The summed E-state index contributed by atoms with van der Waals surface area (Å²) in [5.41, 5.74) is 7.31. The molecule has 2 aromatic carbocycles. The van der Waals surface area contributed by atoms with E-state index < -0.39 is 79.4 Å². The van der Waals surface area contributed by atoms with Crippen molar-refractivity contribution in [2.75, 3.05) is 46.8 Å². The Morgan fingerprint density at radius 2 is 1.03 bits per heavy atom. The average molecular weight is 929 g/mol. The number of aromatic amines is 2. The van der Waals surface area contributed by atoms with Gasteiger partial charge in [0.2, 0.25) is 0 Å². The number of nitrogens with zero attached hydrogens (tertiary/aromatic N) is 4. The second-order valence-corrected chi connectivity index (χ2v) is 16.1. The number of carbonyl (C=O) groups excluding carboxylic acids is 2. The molecule has 0 spiro atoms. The molecular formula is C40H38F14N8O2. The molecule has 0 saturated carbocycles. The summed E-state index contributed by atoms with van der Waals surface area (Å²) in [6.45, 7) is -6.45. The quantitative estimate of drug-likeness (QED) is 0.115. The first kappa shape index (κ1) is 46.5. The maximum atomic E-state index is 13.8. The van der Waals surface area contributed by atoms with Crippen LogP contribution in [0.25, 0.3) is 33.0 Å². The van der Waals surface area contributed by atoms with E-state index >= 15 is 0 Å². The van der Waals surface area contributed by atoms with Gasteiger partial charge >= 0.3 is 42.8 Å². The zero-order chi connectivity index (χ0) is 46.9. The van der Waals surface area contributed by atoms with Crippen molar-refractivity contribution in [1.29, 1.82) is 0 Å². The van der Waals surface area contributed by atoms with Crippen LogP contribution < -0.4 is 10.6 Å². The molecule has 0 radical (unpaired) electrons. The number of aromatic nitrogens is 2. The Balaban J connectivity index is 0.000000192. The lowest BCUT2D eigenvalue weighted by molar-refractivity contribution is -0.338. The third-order valence-electron chi connectivity index (χ3n) is 11.4. The third-order valence-corrected chi connectivity index (χ3v) is 11.4. The maximum absolute atomic E-state index is 13.8. The van der Waals surface area contributed by atoms with E-state index in [0.717, 1.165) is 49.6 Å². The van der Waals surface area contributed by atoms with Crippen molar-refractivity contribution in [3.63, 3.8) is 0 Å². The van der Waals surface area contributed by atoms with Gasteiger partial charge in [0.25, 0.3) is 0 Å². The zero-order valence-electron chi connectivity index (χ0n) is 33.4. The first-order valence-corrected chi connectivity index (χ1v) is 19.4. The van der Waals surface area contributed by atoms with Crippen LogP contribution in [0.3, 0.4) is 0 Å². The van der Waals surface area contributed by atoms with Gasteiger partial charge in [0.15, 0.2) is 0 Å². The molecule has 2 aliphatic heterocycles. The highest BCUT2D eigenvalue weighted by Gasteiger charge is 2.65. The van der Waals surface area contributed by atoms with Gasteiger partial charge in [-0.25, -0.2) is 14.5 Å². The molecule has 4 aromatic rings. The van der Waals surface area contributed by atoms with Crippen LogP contribution in [0.1, 0.15) is 22.3 Å². The second kappa shape index (κ2) is 16.5. The molecule has 0 saturated heterocycles. The number of urea groups is 2. The summed E-state index contributed by atoms with van der Waals surface area (Å²) in [5, 5.41) is 6.21. The molecule has 0 bridgehead atoms. The number of halogens is 14. The minimum atomic E-state index is -6.38. The standard InChI is InChI=1S/C20H18F8N4O.C20H20F6N4O/c1-31-8-11(30-17(33)32(9-18(21,22)23)20(27,28)19(24,25)26)6-13-12-3-2-4-14-16(12)10(7-29-14)5-15(13)31;1-29-8-12(28-18(31)30(9-19(21,22)23)10-20(24,25)26)6-14-13-3-2-4-15-17(13)11(7-27-15)5-16(14)29/h2-4,6-7,11,15,29H,5,8-9H2,1H3,(H,30,33);2-4,6-7,12,16,27H,5,8-10H2,1H3,(H,28,31). The van der Waals surface area contributed by atoms with Crippen molar-refractivity contribution >= 4 is 45.0 Å². The molecule has 8 rings (SSSR count). The number of H-pyrrole nitrogens is 2. The molecule has 4 heterocycles. The zero-order valence-corrected chi connectivity index (χ0v) is 33.4. The number of rotatable bonds is 6. The van der Waals surface area contributed by atoms with Gasteiger partial charge < -0.3 is 25.5 Å². The fourth-order valence-corrected chi connectivity index (χ4v) is 8.84. The molecule has 2 aliphatic carbocycles. The van der Waals surface area contributed by atoms with Gasteiger partial charge in [-0.3, -0.25) is 9.80 Å². The first-order chi connectivity index (χ1) is 29.6. The number of nitrogens with one attached hydrogen (secondary N) is 4. The fourth-order valence-electron chi connectivity index (χ4n) is 8.84. The molecule has 4 N–H and O–H groups in total. The van der Waals surface area contributed by atoms with Crippen LogP contribution in [-0.4, -0.2) is 143 Å². The van der Waals surface area contributed by atoms with Crippen LogP contribution in [0, 0.1) is 0 Å². The van der Waals surface area contributed by atoms with Crippen molar-refractivity contribution in [1.82, 2.24) is 40.2 Å². The Bertz CT molecular complexity index is 2450. The summed E-state index contributed by atoms with van der Waals surface area (Å²) in [7, 11) is 3.49. The van der Waals surface area contributed by atoms with Gasteiger partial charge in [0, 0.05) is 59.4 Å². The minimum Gasteiger partial charge on any atom is -0.361 e. The number of hydrogen-bond donors (Lipinski definition) is 4. The molecule has 10 nitrogen and oxygen atoms in total. The monoisotopic (exact) mass is 928 g/mol. The molecule has 4 aliphatic rings. The topological polar surface area (TPSA) is 103 Å². The molecular weight excluding hydrogens is 890 g/mol. The summed E-state index contributed by atoms with van der Waals surface area (Å²) in [4.78, 5) is 32.9. The Morgan fingerprint density at radius 1 is 0.625 bits per heavy atom. The van der Waals surface area contributed by atoms with Gasteiger partial charge in [-0.1, -0.05) is 36.4 Å². The van der Waals surface area contributed by atoms with Crippen LogP contribution in [0.2, 0.25) is 0 Å². The predicted molar refractivity (Wildman–Crippen MR) is 205 cm³/mol. The molecule has 4 unspecified atom stereocenters. The molecule has 4 atom stereocenters. The lowest BCUT2D eigenvalue weighted by Crippen LogP contribution is -2.62. The van der Waals surface area contributed by atoms with Gasteiger partial charge in [-0.15, -0.1) is 0 Å². The Morgan fingerprint density at radius 3 is 1.42 bits per heavy atom. The molecule has 2 aromatic heterocycles. The van der Waals surface area contributed by atoms with E-state index in [1.165, 1.54) is 6.08 Å². The van der Waals surface area contributed by atoms with Crippen LogP contribution in [0.4, 0.5) is 71.1 Å². The molecule has 24 heteroatoms. The van der Waals surface area contributed by atoms with E-state index in [1.807, 2.05) is 60.0 Å². The summed E-state index contributed by atoms with van der Waals surface area (Å²) in [6.07, 6.45) is -13.4. The second-order valence-electron chi connectivity index (χ2n) is 16.1. The van der Waals surface area contributed by atoms with Crippen LogP contribution in [0.5, 0.6) is 0 Å². The third kappa shape index (κ3) is 9.61.